The largest absolute Gasteiger partial charge is 0.347 e. The second-order valence-corrected chi connectivity index (χ2v) is 7.55. The van der Waals surface area contributed by atoms with Crippen LogP contribution in [0, 0.1) is 33.5 Å². The number of quaternary nitrogens is 1. The van der Waals surface area contributed by atoms with Crippen molar-refractivity contribution in [1.29, 1.82) is 10.5 Å². The zero-order chi connectivity index (χ0) is 18.7. The maximum absolute atomic E-state index is 10.6. The van der Waals surface area contributed by atoms with Crippen LogP contribution in [-0.2, 0) is 9.47 Å². The molecule has 0 saturated carbocycles. The number of nitrogens with two attached hydrogens (primary N) is 2. The van der Waals surface area contributed by atoms with E-state index in [1.54, 1.807) is 0 Å². The average Bonchev–Trinajstić information content (AvgIpc) is 3.40. The monoisotopic (exact) mass is 363 g/mol. The van der Waals surface area contributed by atoms with Gasteiger partial charge in [-0.1, -0.05) is 30.3 Å². The SMILES string of the molecule is N#C[C@@]12C3=C(CCC3)[NH2+][C@@H](c3ccccc3)[C@@]1(C#N)C(N)=[NH+]C21OCCO1. The number of nitriles is 2. The van der Waals surface area contributed by atoms with Gasteiger partial charge in [0.25, 0.3) is 5.84 Å². The highest BCUT2D eigenvalue weighted by Gasteiger charge is 2.85. The molecule has 0 radical (unpaired) electrons. The van der Waals surface area contributed by atoms with Crippen LogP contribution in [-0.4, -0.2) is 25.0 Å². The van der Waals surface area contributed by atoms with Crippen LogP contribution < -0.4 is 16.0 Å². The van der Waals surface area contributed by atoms with Crippen LogP contribution in [0.25, 0.3) is 0 Å². The third kappa shape index (κ3) is 1.68. The van der Waals surface area contributed by atoms with Crippen LogP contribution in [0.4, 0.5) is 0 Å². The minimum Gasteiger partial charge on any atom is -0.311 e. The molecule has 1 aromatic carbocycles. The molecule has 0 amide bonds. The third-order valence-electron chi connectivity index (χ3n) is 6.55. The molecule has 3 atom stereocenters. The first-order chi connectivity index (χ1) is 13.1. The Hall–Kier alpha value is -2.71. The Labute approximate surface area is 157 Å². The lowest BCUT2D eigenvalue weighted by Gasteiger charge is -2.45. The summed E-state index contributed by atoms with van der Waals surface area (Å²) >= 11 is 0. The summed E-state index contributed by atoms with van der Waals surface area (Å²) in [6.07, 6.45) is 2.58. The summed E-state index contributed by atoms with van der Waals surface area (Å²) in [4.78, 5) is 3.12. The predicted molar refractivity (Wildman–Crippen MR) is 92.9 cm³/mol. The molecule has 1 aliphatic carbocycles. The molecule has 0 bridgehead atoms. The van der Waals surface area contributed by atoms with Crippen molar-refractivity contribution < 1.29 is 19.8 Å². The molecule has 1 fully saturated rings. The number of hydrogen-bond donors (Lipinski definition) is 3. The van der Waals surface area contributed by atoms with Gasteiger partial charge in [0.1, 0.15) is 11.7 Å². The quantitative estimate of drug-likeness (QED) is 0.585. The second kappa shape index (κ2) is 5.40. The zero-order valence-corrected chi connectivity index (χ0v) is 14.9. The van der Waals surface area contributed by atoms with Gasteiger partial charge in [-0.15, -0.1) is 0 Å². The van der Waals surface area contributed by atoms with E-state index in [0.29, 0.717) is 13.2 Å². The van der Waals surface area contributed by atoms with Crippen LogP contribution in [0.2, 0.25) is 0 Å². The van der Waals surface area contributed by atoms with Gasteiger partial charge >= 0.3 is 5.91 Å². The van der Waals surface area contributed by atoms with Gasteiger partial charge in [0.2, 0.25) is 10.8 Å². The number of ether oxygens (including phenoxy) is 2. The number of allylic oxidation sites excluding steroid dienone is 1. The number of amidine groups is 1. The molecular formula is C20H21N5O2+2. The molecule has 1 saturated heterocycles. The Kier molecular flexibility index (Phi) is 3.29. The number of nitrogens with zero attached hydrogens (tertiary/aromatic N) is 2. The molecule has 5 rings (SSSR count). The first-order valence-electron chi connectivity index (χ1n) is 9.29. The van der Waals surface area contributed by atoms with Crippen molar-refractivity contribution in [1.82, 2.24) is 0 Å². The lowest BCUT2D eigenvalue weighted by atomic mass is 9.53. The summed E-state index contributed by atoms with van der Waals surface area (Å²) in [5, 5.41) is 23.2. The highest BCUT2D eigenvalue weighted by Crippen LogP contribution is 2.62. The minimum atomic E-state index is -1.41. The smallest absolute Gasteiger partial charge is 0.311 e. The molecule has 0 aromatic heterocycles. The van der Waals surface area contributed by atoms with Gasteiger partial charge < -0.3 is 14.8 Å². The fourth-order valence-corrected chi connectivity index (χ4v) is 5.52. The van der Waals surface area contributed by atoms with Gasteiger partial charge in [0.05, 0.1) is 25.4 Å². The van der Waals surface area contributed by atoms with Crippen molar-refractivity contribution in [2.24, 2.45) is 16.6 Å². The molecule has 3 aliphatic heterocycles. The fourth-order valence-electron chi connectivity index (χ4n) is 5.52. The van der Waals surface area contributed by atoms with E-state index in [0.717, 1.165) is 36.1 Å². The van der Waals surface area contributed by atoms with Crippen LogP contribution >= 0.6 is 0 Å². The van der Waals surface area contributed by atoms with Crippen molar-refractivity contribution in [2.75, 3.05) is 13.2 Å². The van der Waals surface area contributed by atoms with E-state index in [9.17, 15) is 10.5 Å². The molecule has 4 aliphatic rings. The van der Waals surface area contributed by atoms with Crippen LogP contribution in [0.15, 0.2) is 41.6 Å². The zero-order valence-electron chi connectivity index (χ0n) is 14.9. The number of benzene rings is 1. The molecule has 7 heteroatoms. The summed E-state index contributed by atoms with van der Waals surface area (Å²) in [6.45, 7) is 0.709. The van der Waals surface area contributed by atoms with Crippen LogP contribution in [0.3, 0.4) is 0 Å². The van der Waals surface area contributed by atoms with E-state index >= 15 is 0 Å². The maximum Gasteiger partial charge on any atom is 0.347 e. The standard InChI is InChI=1S/C20H19N5O2/c21-11-18-16(13-5-2-1-3-6-13)24-15-8-4-7-14(15)19(18,12-22)20(25-17(18)23)26-9-10-27-20/h1-3,5-6,16,24H,4,7-10H2,(H2,23,25)/p+2/t16-,18-,19+/m0/s1. The molecule has 3 heterocycles. The van der Waals surface area contributed by atoms with Crippen molar-refractivity contribution in [2.45, 2.75) is 31.2 Å². The van der Waals surface area contributed by atoms with E-state index in [4.69, 9.17) is 15.2 Å². The Balaban J connectivity index is 1.85. The van der Waals surface area contributed by atoms with Crippen LogP contribution in [0.5, 0.6) is 0 Å². The highest BCUT2D eigenvalue weighted by atomic mass is 16.8. The molecule has 27 heavy (non-hydrogen) atoms. The Morgan fingerprint density at radius 3 is 2.52 bits per heavy atom. The molecule has 7 nitrogen and oxygen atoms in total. The first-order valence-corrected chi connectivity index (χ1v) is 9.29. The number of nitrogens with one attached hydrogen (secondary N) is 1. The van der Waals surface area contributed by atoms with Crippen LogP contribution in [0.1, 0.15) is 30.9 Å². The lowest BCUT2D eigenvalue weighted by molar-refractivity contribution is -0.691. The van der Waals surface area contributed by atoms with Crippen molar-refractivity contribution >= 4 is 5.84 Å². The fraction of sp³-hybridized carbons (Fsp3) is 0.450. The van der Waals surface area contributed by atoms with E-state index in [1.807, 2.05) is 30.3 Å². The molecule has 5 N–H and O–H groups in total. The maximum atomic E-state index is 10.6. The number of rotatable bonds is 1. The third-order valence-corrected chi connectivity index (χ3v) is 6.55. The Morgan fingerprint density at radius 1 is 1.11 bits per heavy atom. The van der Waals surface area contributed by atoms with E-state index in [1.165, 1.54) is 0 Å². The Morgan fingerprint density at radius 2 is 1.85 bits per heavy atom. The summed E-state index contributed by atoms with van der Waals surface area (Å²) < 4.78 is 12.0. The molecule has 1 aromatic rings. The van der Waals surface area contributed by atoms with E-state index in [-0.39, 0.29) is 11.9 Å². The van der Waals surface area contributed by atoms with Gasteiger partial charge in [0.15, 0.2) is 0 Å². The van der Waals surface area contributed by atoms with Gasteiger partial charge in [0, 0.05) is 17.6 Å². The second-order valence-electron chi connectivity index (χ2n) is 7.55. The van der Waals surface area contributed by atoms with Crippen molar-refractivity contribution in [3.05, 3.63) is 47.2 Å². The molecule has 0 unspecified atom stereocenters. The topological polar surface area (TPSA) is 123 Å². The summed E-state index contributed by atoms with van der Waals surface area (Å²) in [6, 6.07) is 14.4. The normalized spacial score (nSPS) is 36.1. The minimum absolute atomic E-state index is 0.247. The summed E-state index contributed by atoms with van der Waals surface area (Å²) in [5.74, 6) is -1.16. The van der Waals surface area contributed by atoms with E-state index < -0.39 is 16.7 Å². The first kappa shape index (κ1) is 16.5. The van der Waals surface area contributed by atoms with Crippen molar-refractivity contribution in [3.8, 4) is 12.1 Å². The Bertz CT molecular complexity index is 951. The lowest BCUT2D eigenvalue weighted by Crippen LogP contribution is -2.91. The summed E-state index contributed by atoms with van der Waals surface area (Å²) in [7, 11) is 0. The molecule has 1 spiro atoms. The average molecular weight is 363 g/mol. The van der Waals surface area contributed by atoms with Gasteiger partial charge in [-0.2, -0.15) is 10.5 Å². The van der Waals surface area contributed by atoms with Gasteiger partial charge in [-0.25, -0.2) is 4.99 Å². The molecule has 136 valence electrons. The predicted octanol–water partition coefficient (Wildman–Crippen LogP) is -1.09. The highest BCUT2D eigenvalue weighted by molar-refractivity contribution is 5.90. The van der Waals surface area contributed by atoms with Gasteiger partial charge in [-0.3, -0.25) is 5.73 Å². The molecular weight excluding hydrogens is 342 g/mol. The van der Waals surface area contributed by atoms with E-state index in [2.05, 4.69) is 22.4 Å². The summed E-state index contributed by atoms with van der Waals surface area (Å²) in [5.41, 5.74) is 6.88. The number of fused-ring (bicyclic) bond motifs is 3. The van der Waals surface area contributed by atoms with Crippen molar-refractivity contribution in [3.63, 3.8) is 0 Å². The van der Waals surface area contributed by atoms with Gasteiger partial charge in [-0.05, 0) is 12.8 Å². The number of hydrogen-bond acceptors (Lipinski definition) is 5.